The highest BCUT2D eigenvalue weighted by Gasteiger charge is 2.19. The Hall–Kier alpha value is -7.88. The third kappa shape index (κ3) is 5.44. The molecular weight excluding hydrogens is 715 g/mol. The van der Waals surface area contributed by atoms with Crippen molar-refractivity contribution in [1.29, 1.82) is 0 Å². The molecule has 0 saturated heterocycles. The maximum atomic E-state index is 5.32. The largest absolute Gasteiger partial charge is 0.309 e. The van der Waals surface area contributed by atoms with Gasteiger partial charge in [0.05, 0.1) is 22.4 Å². The predicted molar refractivity (Wildman–Crippen MR) is 248 cm³/mol. The molecule has 0 fully saturated rings. The first kappa shape index (κ1) is 33.3. The fraction of sp³-hybridized carbons (Fsp3) is 0. The first-order valence-electron chi connectivity index (χ1n) is 20.2. The van der Waals surface area contributed by atoms with E-state index in [9.17, 15) is 0 Å². The molecule has 0 unspecified atom stereocenters. The average molecular weight is 750 g/mol. The zero-order chi connectivity index (χ0) is 38.9. The molecule has 2 aromatic heterocycles. The standard InChI is InChI=1S/C56H35N3/c1-3-15-37(16-4-1)51-35-52(38-17-5-2-6-18-38)58-56(57-51)49-24-13-23-48-44-21-10-9-20-43(44)45-30-27-40(33-50(45)55(48)49)41-28-31-47-46-22-11-12-25-53(46)59(54(47)34-41)42-29-26-36-14-7-8-19-39(36)32-42/h1-35H. The van der Waals surface area contributed by atoms with Gasteiger partial charge in [0.15, 0.2) is 5.82 Å². The third-order valence-corrected chi connectivity index (χ3v) is 12.0. The van der Waals surface area contributed by atoms with Gasteiger partial charge in [-0.15, -0.1) is 0 Å². The number of rotatable bonds is 5. The maximum Gasteiger partial charge on any atom is 0.161 e. The van der Waals surface area contributed by atoms with Crippen molar-refractivity contribution < 1.29 is 0 Å². The van der Waals surface area contributed by atoms with Gasteiger partial charge in [0.1, 0.15) is 0 Å². The van der Waals surface area contributed by atoms with Gasteiger partial charge in [-0.3, -0.25) is 0 Å². The van der Waals surface area contributed by atoms with E-state index in [1.807, 2.05) is 12.1 Å². The van der Waals surface area contributed by atoms with Crippen LogP contribution >= 0.6 is 0 Å². The van der Waals surface area contributed by atoms with Gasteiger partial charge in [-0.25, -0.2) is 9.97 Å². The summed E-state index contributed by atoms with van der Waals surface area (Å²) in [4.78, 5) is 10.6. The summed E-state index contributed by atoms with van der Waals surface area (Å²) >= 11 is 0. The van der Waals surface area contributed by atoms with Crippen LogP contribution in [0.3, 0.4) is 0 Å². The van der Waals surface area contributed by atoms with Gasteiger partial charge in [-0.1, -0.05) is 176 Å². The molecule has 0 aliphatic heterocycles. The van der Waals surface area contributed by atoms with Gasteiger partial charge in [-0.05, 0) is 85.2 Å². The van der Waals surface area contributed by atoms with E-state index in [4.69, 9.17) is 9.97 Å². The van der Waals surface area contributed by atoms with Gasteiger partial charge >= 0.3 is 0 Å². The first-order valence-corrected chi connectivity index (χ1v) is 20.2. The summed E-state index contributed by atoms with van der Waals surface area (Å²) in [5.74, 6) is 0.708. The van der Waals surface area contributed by atoms with Crippen LogP contribution in [0.2, 0.25) is 0 Å². The summed E-state index contributed by atoms with van der Waals surface area (Å²) in [7, 11) is 0. The molecule has 0 aliphatic rings. The Bertz CT molecular complexity index is 3550. The highest BCUT2D eigenvalue weighted by atomic mass is 15.0. The molecule has 0 spiro atoms. The second kappa shape index (κ2) is 13.4. The van der Waals surface area contributed by atoms with Crippen molar-refractivity contribution in [3.05, 3.63) is 212 Å². The van der Waals surface area contributed by atoms with Crippen LogP contribution in [0, 0.1) is 0 Å². The van der Waals surface area contributed by atoms with E-state index in [0.29, 0.717) is 5.82 Å². The third-order valence-electron chi connectivity index (χ3n) is 12.0. The minimum atomic E-state index is 0.708. The van der Waals surface area contributed by atoms with Crippen molar-refractivity contribution in [2.75, 3.05) is 0 Å². The smallest absolute Gasteiger partial charge is 0.161 e. The number of hydrogen-bond donors (Lipinski definition) is 0. The lowest BCUT2D eigenvalue weighted by molar-refractivity contribution is 1.19. The van der Waals surface area contributed by atoms with Crippen molar-refractivity contribution in [3.63, 3.8) is 0 Å². The molecular formula is C56H35N3. The van der Waals surface area contributed by atoms with E-state index in [0.717, 1.165) is 50.3 Å². The van der Waals surface area contributed by atoms with Gasteiger partial charge in [-0.2, -0.15) is 0 Å². The molecule has 0 N–H and O–H groups in total. The highest BCUT2D eigenvalue weighted by molar-refractivity contribution is 6.28. The molecule has 3 heteroatoms. The normalized spacial score (nSPS) is 11.7. The molecule has 2 heterocycles. The van der Waals surface area contributed by atoms with Crippen LogP contribution in [0.25, 0.3) is 116 Å². The van der Waals surface area contributed by atoms with E-state index in [1.165, 1.54) is 59.5 Å². The van der Waals surface area contributed by atoms with Gasteiger partial charge in [0.2, 0.25) is 0 Å². The fourth-order valence-corrected chi connectivity index (χ4v) is 9.20. The first-order chi connectivity index (χ1) is 29.2. The van der Waals surface area contributed by atoms with Crippen molar-refractivity contribution in [1.82, 2.24) is 14.5 Å². The molecule has 0 amide bonds. The second-order valence-electron chi connectivity index (χ2n) is 15.3. The molecule has 59 heavy (non-hydrogen) atoms. The van der Waals surface area contributed by atoms with Crippen LogP contribution in [-0.2, 0) is 0 Å². The van der Waals surface area contributed by atoms with E-state index in [2.05, 4.69) is 205 Å². The number of aromatic nitrogens is 3. The molecule has 0 radical (unpaired) electrons. The predicted octanol–water partition coefficient (Wildman–Crippen LogP) is 14.9. The lowest BCUT2D eigenvalue weighted by Gasteiger charge is -2.16. The number of hydrogen-bond acceptors (Lipinski definition) is 2. The summed E-state index contributed by atoms with van der Waals surface area (Å²) in [5.41, 5.74) is 10.8. The SMILES string of the molecule is c1ccc(-c2cc(-c3ccccc3)nc(-c3cccc4c5ccccc5c5ccc(-c6ccc7c8ccccc8n(-c8ccc9ccccc9c8)c7c6)cc5c34)n2)cc1. The number of para-hydroxylation sites is 1. The maximum absolute atomic E-state index is 5.32. The van der Waals surface area contributed by atoms with Gasteiger partial charge < -0.3 is 4.57 Å². The molecule has 0 atom stereocenters. The monoisotopic (exact) mass is 749 g/mol. The van der Waals surface area contributed by atoms with Crippen LogP contribution in [0.4, 0.5) is 0 Å². The molecule has 12 aromatic rings. The summed E-state index contributed by atoms with van der Waals surface area (Å²) in [6, 6.07) is 76.4. The van der Waals surface area contributed by atoms with Crippen LogP contribution < -0.4 is 0 Å². The Morgan fingerprint density at radius 2 is 0.864 bits per heavy atom. The number of fused-ring (bicyclic) bond motifs is 10. The van der Waals surface area contributed by atoms with Crippen LogP contribution in [0.5, 0.6) is 0 Å². The van der Waals surface area contributed by atoms with E-state index < -0.39 is 0 Å². The highest BCUT2D eigenvalue weighted by Crippen LogP contribution is 2.43. The number of nitrogens with zero attached hydrogens (tertiary/aromatic N) is 3. The topological polar surface area (TPSA) is 30.7 Å². The Balaban J connectivity index is 1.11. The summed E-state index contributed by atoms with van der Waals surface area (Å²) in [5, 5.41) is 12.1. The zero-order valence-electron chi connectivity index (χ0n) is 32.0. The zero-order valence-corrected chi connectivity index (χ0v) is 32.0. The number of benzene rings is 10. The van der Waals surface area contributed by atoms with E-state index in [-0.39, 0.29) is 0 Å². The lowest BCUT2D eigenvalue weighted by Crippen LogP contribution is -1.97. The lowest BCUT2D eigenvalue weighted by atomic mass is 9.89. The molecule has 12 rings (SSSR count). The van der Waals surface area contributed by atoms with Crippen LogP contribution in [-0.4, -0.2) is 14.5 Å². The minimum absolute atomic E-state index is 0.708. The fourth-order valence-electron chi connectivity index (χ4n) is 9.20. The van der Waals surface area contributed by atoms with Crippen LogP contribution in [0.15, 0.2) is 212 Å². The molecule has 0 aliphatic carbocycles. The molecule has 0 bridgehead atoms. The summed E-state index contributed by atoms with van der Waals surface area (Å²) in [6.07, 6.45) is 0. The van der Waals surface area contributed by atoms with Crippen molar-refractivity contribution in [2.45, 2.75) is 0 Å². The summed E-state index contributed by atoms with van der Waals surface area (Å²) in [6.45, 7) is 0. The van der Waals surface area contributed by atoms with Crippen molar-refractivity contribution in [2.24, 2.45) is 0 Å². The van der Waals surface area contributed by atoms with Crippen LogP contribution in [0.1, 0.15) is 0 Å². The summed E-state index contributed by atoms with van der Waals surface area (Å²) < 4.78 is 2.42. The Morgan fingerprint density at radius 1 is 0.305 bits per heavy atom. The molecule has 0 saturated carbocycles. The van der Waals surface area contributed by atoms with Gasteiger partial charge in [0, 0.05) is 38.5 Å². The van der Waals surface area contributed by atoms with Crippen molar-refractivity contribution >= 4 is 64.9 Å². The molecule has 3 nitrogen and oxygen atoms in total. The Kier molecular flexibility index (Phi) is 7.54. The average Bonchev–Trinajstić information content (AvgIpc) is 3.65. The van der Waals surface area contributed by atoms with Crippen molar-refractivity contribution in [3.8, 4) is 50.7 Å². The van der Waals surface area contributed by atoms with E-state index in [1.54, 1.807) is 0 Å². The minimum Gasteiger partial charge on any atom is -0.309 e. The molecule has 274 valence electrons. The van der Waals surface area contributed by atoms with Gasteiger partial charge in [0.25, 0.3) is 0 Å². The Morgan fingerprint density at radius 3 is 1.61 bits per heavy atom. The van der Waals surface area contributed by atoms with E-state index >= 15 is 0 Å². The quantitative estimate of drug-likeness (QED) is 0.164. The Labute approximate surface area is 341 Å². The molecule has 10 aromatic carbocycles. The second-order valence-corrected chi connectivity index (χ2v) is 15.3.